The topological polar surface area (TPSA) is 109 Å². The molecule has 0 saturated heterocycles. The minimum Gasteiger partial charge on any atom is -0.397 e. The molecule has 28 heavy (non-hydrogen) atoms. The van der Waals surface area contributed by atoms with Crippen LogP contribution in [0.3, 0.4) is 0 Å². The third kappa shape index (κ3) is 3.47. The molecule has 0 fully saturated rings. The van der Waals surface area contributed by atoms with Crippen LogP contribution >= 0.6 is 11.3 Å². The van der Waals surface area contributed by atoms with Crippen LogP contribution in [0.1, 0.15) is 0 Å². The normalized spacial score (nSPS) is 11.0. The van der Waals surface area contributed by atoms with Gasteiger partial charge >= 0.3 is 0 Å². The van der Waals surface area contributed by atoms with Crippen molar-refractivity contribution in [2.45, 2.75) is 0 Å². The highest BCUT2D eigenvalue weighted by Gasteiger charge is 2.16. The van der Waals surface area contributed by atoms with Gasteiger partial charge in [-0.2, -0.15) is 0 Å². The van der Waals surface area contributed by atoms with Gasteiger partial charge in [0.15, 0.2) is 0 Å². The van der Waals surface area contributed by atoms with Crippen molar-refractivity contribution in [1.82, 2.24) is 20.3 Å². The fourth-order valence-corrected chi connectivity index (χ4v) is 3.85. The van der Waals surface area contributed by atoms with Gasteiger partial charge in [-0.15, -0.1) is 11.3 Å². The Hall–Kier alpha value is -3.23. The Bertz CT molecular complexity index is 1170. The number of nitrogens with two attached hydrogens (primary N) is 1. The molecule has 1 aromatic carbocycles. The highest BCUT2D eigenvalue weighted by Crippen LogP contribution is 2.33. The molecule has 0 bridgehead atoms. The zero-order valence-corrected chi connectivity index (χ0v) is 16.1. The smallest absolute Gasteiger partial charge is 0.260 e. The molecular formula is C20H20N6OS. The molecule has 0 aliphatic rings. The van der Waals surface area contributed by atoms with Gasteiger partial charge in [0.05, 0.1) is 22.5 Å². The molecule has 8 heteroatoms. The lowest BCUT2D eigenvalue weighted by Crippen LogP contribution is -2.17. The predicted molar refractivity (Wildman–Crippen MR) is 116 cm³/mol. The number of H-pyrrole nitrogens is 1. The molecule has 7 nitrogen and oxygen atoms in total. The summed E-state index contributed by atoms with van der Waals surface area (Å²) in [5.41, 5.74) is 10.2. The van der Waals surface area contributed by atoms with Crippen molar-refractivity contribution in [3.63, 3.8) is 0 Å². The van der Waals surface area contributed by atoms with Crippen LogP contribution in [0, 0.1) is 0 Å². The second-order valence-electron chi connectivity index (χ2n) is 6.31. The first-order chi connectivity index (χ1) is 13.7. The fourth-order valence-electron chi connectivity index (χ4n) is 3.03. The number of nitrogens with one attached hydrogen (secondary N) is 3. The van der Waals surface area contributed by atoms with E-state index in [2.05, 4.69) is 25.6 Å². The number of anilines is 2. The van der Waals surface area contributed by atoms with E-state index in [1.165, 1.54) is 11.3 Å². The van der Waals surface area contributed by atoms with Crippen LogP contribution in [0.25, 0.3) is 32.7 Å². The predicted octanol–water partition coefficient (Wildman–Crippen LogP) is 2.93. The molecule has 0 unspecified atom stereocenters. The average Bonchev–Trinajstić information content (AvgIpc) is 3.19. The van der Waals surface area contributed by atoms with E-state index in [1.54, 1.807) is 12.4 Å². The number of nitrogens with zero attached hydrogens (tertiary/aromatic N) is 2. The average molecular weight is 392 g/mol. The minimum absolute atomic E-state index is 0.243. The molecule has 0 amide bonds. The molecular weight excluding hydrogens is 372 g/mol. The summed E-state index contributed by atoms with van der Waals surface area (Å²) < 4.78 is 0. The van der Waals surface area contributed by atoms with Gasteiger partial charge in [0.25, 0.3) is 5.56 Å². The summed E-state index contributed by atoms with van der Waals surface area (Å²) in [5.74, 6) is 0. The standard InChI is InChI=1S/C20H20N6OS/c1-22-8-9-24-13-2-3-15-14(10-13)18(21)17(19(27)25-15)16-11-28-20(26-16)12-4-6-23-7-5-12/h2-7,10-11,22,24H,8-9H2,1H3,(H3,21,25,27). The minimum atomic E-state index is -0.243. The monoisotopic (exact) mass is 392 g/mol. The van der Waals surface area contributed by atoms with E-state index in [0.717, 1.165) is 34.7 Å². The quantitative estimate of drug-likeness (QED) is 0.376. The first kappa shape index (κ1) is 18.1. The van der Waals surface area contributed by atoms with Gasteiger partial charge in [0.2, 0.25) is 0 Å². The van der Waals surface area contributed by atoms with Crippen molar-refractivity contribution in [3.8, 4) is 21.8 Å². The highest BCUT2D eigenvalue weighted by atomic mass is 32.1. The van der Waals surface area contributed by atoms with E-state index < -0.39 is 0 Å². The Morgan fingerprint density at radius 1 is 1.18 bits per heavy atom. The van der Waals surface area contributed by atoms with Crippen LogP contribution in [0.15, 0.2) is 52.9 Å². The van der Waals surface area contributed by atoms with Crippen molar-refractivity contribution in [2.24, 2.45) is 0 Å². The van der Waals surface area contributed by atoms with Crippen molar-refractivity contribution in [2.75, 3.05) is 31.2 Å². The number of rotatable bonds is 6. The van der Waals surface area contributed by atoms with Crippen LogP contribution in [0.2, 0.25) is 0 Å². The van der Waals surface area contributed by atoms with Crippen LogP contribution in [0.5, 0.6) is 0 Å². The molecule has 0 aliphatic heterocycles. The first-order valence-corrected chi connectivity index (χ1v) is 9.75. The zero-order chi connectivity index (χ0) is 19.5. The number of hydrogen-bond donors (Lipinski definition) is 4. The summed E-state index contributed by atoms with van der Waals surface area (Å²) in [5, 5.41) is 9.90. The van der Waals surface area contributed by atoms with Crippen molar-refractivity contribution in [3.05, 3.63) is 58.5 Å². The van der Waals surface area contributed by atoms with Gasteiger partial charge in [-0.1, -0.05) is 0 Å². The second kappa shape index (κ2) is 7.79. The van der Waals surface area contributed by atoms with E-state index in [-0.39, 0.29) is 5.56 Å². The molecule has 0 radical (unpaired) electrons. The SMILES string of the molecule is CNCCNc1ccc2[nH]c(=O)c(-c3csc(-c4ccncc4)n3)c(N)c2c1. The lowest BCUT2D eigenvalue weighted by molar-refractivity contribution is 0.824. The number of thiazole rings is 1. The Kier molecular flexibility index (Phi) is 5.05. The van der Waals surface area contributed by atoms with Crippen LogP contribution in [-0.2, 0) is 0 Å². The third-order valence-electron chi connectivity index (χ3n) is 4.45. The van der Waals surface area contributed by atoms with Gasteiger partial charge < -0.3 is 21.4 Å². The summed E-state index contributed by atoms with van der Waals surface area (Å²) in [4.78, 5) is 24.3. The number of fused-ring (bicyclic) bond motifs is 1. The van der Waals surface area contributed by atoms with Crippen molar-refractivity contribution in [1.29, 1.82) is 0 Å². The Balaban J connectivity index is 1.76. The Morgan fingerprint density at radius 2 is 2.00 bits per heavy atom. The van der Waals surface area contributed by atoms with E-state index in [0.29, 0.717) is 22.5 Å². The summed E-state index contributed by atoms with van der Waals surface area (Å²) >= 11 is 1.47. The molecule has 4 aromatic rings. The largest absolute Gasteiger partial charge is 0.397 e. The molecule has 0 spiro atoms. The van der Waals surface area contributed by atoms with E-state index >= 15 is 0 Å². The van der Waals surface area contributed by atoms with Gasteiger partial charge in [-0.05, 0) is 37.4 Å². The maximum Gasteiger partial charge on any atom is 0.260 e. The van der Waals surface area contributed by atoms with Crippen LogP contribution in [0.4, 0.5) is 11.4 Å². The highest BCUT2D eigenvalue weighted by molar-refractivity contribution is 7.13. The van der Waals surface area contributed by atoms with Gasteiger partial charge in [0.1, 0.15) is 5.01 Å². The molecule has 3 heterocycles. The molecule has 5 N–H and O–H groups in total. The third-order valence-corrected chi connectivity index (χ3v) is 5.34. The fraction of sp³-hybridized carbons (Fsp3) is 0.150. The number of aromatic nitrogens is 3. The number of hydrogen-bond acceptors (Lipinski definition) is 7. The van der Waals surface area contributed by atoms with E-state index in [4.69, 9.17) is 5.73 Å². The summed E-state index contributed by atoms with van der Waals surface area (Å²) in [6.45, 7) is 1.64. The lowest BCUT2D eigenvalue weighted by atomic mass is 10.1. The van der Waals surface area contributed by atoms with Gasteiger partial charge in [-0.25, -0.2) is 4.98 Å². The Labute approximate surface area is 165 Å². The molecule has 4 rings (SSSR count). The van der Waals surface area contributed by atoms with E-state index in [9.17, 15) is 4.79 Å². The molecule has 0 atom stereocenters. The number of aromatic amines is 1. The number of likely N-dealkylation sites (N-methyl/N-ethyl adjacent to an activating group) is 1. The first-order valence-electron chi connectivity index (χ1n) is 8.87. The molecule has 3 aromatic heterocycles. The van der Waals surface area contributed by atoms with Crippen LogP contribution in [-0.4, -0.2) is 35.1 Å². The summed E-state index contributed by atoms with van der Waals surface area (Å²) in [7, 11) is 1.91. The summed E-state index contributed by atoms with van der Waals surface area (Å²) in [6, 6.07) is 9.52. The van der Waals surface area contributed by atoms with Gasteiger partial charge in [0, 0.05) is 47.5 Å². The lowest BCUT2D eigenvalue weighted by Gasteiger charge is -2.10. The van der Waals surface area contributed by atoms with Crippen LogP contribution < -0.4 is 21.9 Å². The maximum absolute atomic E-state index is 12.7. The second-order valence-corrected chi connectivity index (χ2v) is 7.17. The summed E-state index contributed by atoms with van der Waals surface area (Å²) in [6.07, 6.45) is 3.44. The van der Waals surface area contributed by atoms with E-state index in [1.807, 2.05) is 42.8 Å². The number of nitrogen functional groups attached to an aromatic ring is 1. The van der Waals surface area contributed by atoms with Gasteiger partial charge in [-0.3, -0.25) is 9.78 Å². The molecule has 142 valence electrons. The molecule has 0 aliphatic carbocycles. The van der Waals surface area contributed by atoms with Crippen molar-refractivity contribution < 1.29 is 0 Å². The maximum atomic E-state index is 12.7. The number of benzene rings is 1. The zero-order valence-electron chi connectivity index (χ0n) is 15.3. The number of pyridine rings is 2. The van der Waals surface area contributed by atoms with Crippen molar-refractivity contribution >= 4 is 33.6 Å². The molecule has 0 saturated carbocycles. The Morgan fingerprint density at radius 3 is 2.79 bits per heavy atom.